The largest absolute Gasteiger partial charge is 0.443 e. The number of alkyl halides is 3. The van der Waals surface area contributed by atoms with E-state index in [1.807, 2.05) is 0 Å². The Labute approximate surface area is 133 Å². The van der Waals surface area contributed by atoms with Crippen molar-refractivity contribution in [3.05, 3.63) is 47.2 Å². The molecule has 0 spiro atoms. The lowest BCUT2D eigenvalue weighted by atomic mass is 10.0. The number of halogens is 3. The smallest absolute Gasteiger partial charge is 0.416 e. The van der Waals surface area contributed by atoms with Crippen LogP contribution in [0.2, 0.25) is 0 Å². The first-order valence-electron chi connectivity index (χ1n) is 7.40. The number of rotatable bonds is 2. The molecule has 1 aromatic rings. The zero-order chi connectivity index (χ0) is 17.3. The van der Waals surface area contributed by atoms with Gasteiger partial charge in [-0.3, -0.25) is 4.90 Å². The van der Waals surface area contributed by atoms with Gasteiger partial charge in [-0.25, -0.2) is 4.79 Å². The molecule has 1 aliphatic rings. The minimum Gasteiger partial charge on any atom is -0.443 e. The second-order valence-electron chi connectivity index (χ2n) is 6.58. The van der Waals surface area contributed by atoms with Crippen LogP contribution in [0.3, 0.4) is 0 Å². The highest BCUT2D eigenvalue weighted by molar-refractivity contribution is 5.70. The monoisotopic (exact) mass is 327 g/mol. The number of carbonyl (C=O) groups is 1. The van der Waals surface area contributed by atoms with Gasteiger partial charge in [0, 0.05) is 12.7 Å². The first-order valence-corrected chi connectivity index (χ1v) is 7.40. The zero-order valence-electron chi connectivity index (χ0n) is 13.4. The van der Waals surface area contributed by atoms with E-state index in [4.69, 9.17) is 4.74 Å². The van der Waals surface area contributed by atoms with Crippen molar-refractivity contribution in [2.45, 2.75) is 45.4 Å². The van der Waals surface area contributed by atoms with Crippen LogP contribution in [-0.2, 0) is 17.3 Å². The molecule has 1 amide bonds. The minimum absolute atomic E-state index is 0.403. The lowest BCUT2D eigenvalue weighted by molar-refractivity contribution is -0.137. The molecule has 0 saturated carbocycles. The van der Waals surface area contributed by atoms with Gasteiger partial charge in [-0.1, -0.05) is 12.1 Å². The molecule has 1 aromatic carbocycles. The Morgan fingerprint density at radius 3 is 2.30 bits per heavy atom. The summed E-state index contributed by atoms with van der Waals surface area (Å²) in [5.74, 6) is 0. The maximum atomic E-state index is 12.5. The van der Waals surface area contributed by atoms with Crippen molar-refractivity contribution in [2.24, 2.45) is 0 Å². The van der Waals surface area contributed by atoms with Crippen molar-refractivity contribution < 1.29 is 22.7 Å². The van der Waals surface area contributed by atoms with Gasteiger partial charge in [0.05, 0.1) is 5.56 Å². The fourth-order valence-corrected chi connectivity index (χ4v) is 2.29. The first kappa shape index (κ1) is 17.4. The van der Waals surface area contributed by atoms with Gasteiger partial charge in [-0.2, -0.15) is 13.2 Å². The second-order valence-corrected chi connectivity index (χ2v) is 6.58. The Kier molecular flexibility index (Phi) is 4.73. The van der Waals surface area contributed by atoms with E-state index < -0.39 is 23.4 Å². The molecule has 1 aliphatic heterocycles. The van der Waals surface area contributed by atoms with E-state index in [9.17, 15) is 18.0 Å². The fourth-order valence-electron chi connectivity index (χ4n) is 2.29. The molecule has 23 heavy (non-hydrogen) atoms. The van der Waals surface area contributed by atoms with E-state index in [0.717, 1.165) is 23.3 Å². The van der Waals surface area contributed by atoms with Crippen LogP contribution in [-0.4, -0.2) is 23.1 Å². The lowest BCUT2D eigenvalue weighted by Gasteiger charge is -2.23. The summed E-state index contributed by atoms with van der Waals surface area (Å²) in [6.07, 6.45) is -1.78. The molecule has 0 aliphatic carbocycles. The summed E-state index contributed by atoms with van der Waals surface area (Å²) in [6, 6.07) is 5.10. The predicted octanol–water partition coefficient (Wildman–Crippen LogP) is 4.77. The van der Waals surface area contributed by atoms with E-state index >= 15 is 0 Å². The average molecular weight is 327 g/mol. The van der Waals surface area contributed by atoms with Crippen molar-refractivity contribution in [1.82, 2.24) is 4.90 Å². The predicted molar refractivity (Wildman–Crippen MR) is 80.8 cm³/mol. The van der Waals surface area contributed by atoms with Gasteiger partial charge in [-0.15, -0.1) is 0 Å². The molecule has 126 valence electrons. The molecule has 0 fully saturated rings. The van der Waals surface area contributed by atoms with E-state index in [1.54, 1.807) is 27.0 Å². The maximum absolute atomic E-state index is 12.5. The lowest BCUT2D eigenvalue weighted by Crippen LogP contribution is -2.32. The number of nitrogens with zero attached hydrogens (tertiary/aromatic N) is 1. The van der Waals surface area contributed by atoms with Crippen LogP contribution in [0.1, 0.15) is 38.3 Å². The maximum Gasteiger partial charge on any atom is 0.416 e. The van der Waals surface area contributed by atoms with E-state index in [1.165, 1.54) is 17.0 Å². The SMILES string of the molecule is CC(C)(C)OC(=O)N1C=C(Cc2ccc(C(F)(F)F)cc2)CC1. The summed E-state index contributed by atoms with van der Waals surface area (Å²) in [5, 5.41) is 0. The Bertz CT molecular complexity index is 598. The summed E-state index contributed by atoms with van der Waals surface area (Å²) in [7, 11) is 0. The van der Waals surface area contributed by atoms with Gasteiger partial charge in [0.25, 0.3) is 0 Å². The average Bonchev–Trinajstić information content (AvgIpc) is 2.85. The minimum atomic E-state index is -4.32. The van der Waals surface area contributed by atoms with Crippen molar-refractivity contribution in [2.75, 3.05) is 6.54 Å². The summed E-state index contributed by atoms with van der Waals surface area (Å²) in [6.45, 7) is 5.93. The molecule has 0 saturated heterocycles. The highest BCUT2D eigenvalue weighted by atomic mass is 19.4. The number of hydrogen-bond donors (Lipinski definition) is 0. The highest BCUT2D eigenvalue weighted by Crippen LogP contribution is 2.30. The molecule has 0 bridgehead atoms. The van der Waals surface area contributed by atoms with E-state index in [0.29, 0.717) is 19.4 Å². The van der Waals surface area contributed by atoms with E-state index in [-0.39, 0.29) is 0 Å². The summed E-state index contributed by atoms with van der Waals surface area (Å²) >= 11 is 0. The Balaban J connectivity index is 1.99. The number of ether oxygens (including phenoxy) is 1. The van der Waals surface area contributed by atoms with Crippen LogP contribution in [0, 0.1) is 0 Å². The third-order valence-corrected chi connectivity index (χ3v) is 3.35. The van der Waals surface area contributed by atoms with Crippen molar-refractivity contribution in [1.29, 1.82) is 0 Å². The standard InChI is InChI=1S/C17H20F3NO2/c1-16(2,3)23-15(22)21-9-8-13(11-21)10-12-4-6-14(7-5-12)17(18,19)20/h4-7,11H,8-10H2,1-3H3. The molecule has 0 unspecified atom stereocenters. The summed E-state index contributed by atoms with van der Waals surface area (Å²) in [5.41, 5.74) is 0.573. The fraction of sp³-hybridized carbons (Fsp3) is 0.471. The molecular formula is C17H20F3NO2. The number of hydrogen-bond acceptors (Lipinski definition) is 2. The van der Waals surface area contributed by atoms with Gasteiger partial charge in [0.15, 0.2) is 0 Å². The molecule has 1 heterocycles. The van der Waals surface area contributed by atoms with Crippen LogP contribution in [0.4, 0.5) is 18.0 Å². The molecule has 2 rings (SSSR count). The quantitative estimate of drug-likeness (QED) is 0.783. The first-order chi connectivity index (χ1) is 10.5. The number of carbonyl (C=O) groups excluding carboxylic acids is 1. The van der Waals surface area contributed by atoms with Crippen molar-refractivity contribution in [3.63, 3.8) is 0 Å². The molecule has 0 atom stereocenters. The normalized spacial score (nSPS) is 15.6. The molecule has 0 N–H and O–H groups in total. The third-order valence-electron chi connectivity index (χ3n) is 3.35. The van der Waals surface area contributed by atoms with Gasteiger partial charge in [0.1, 0.15) is 5.60 Å². The van der Waals surface area contributed by atoms with Gasteiger partial charge >= 0.3 is 12.3 Å². The van der Waals surface area contributed by atoms with Crippen LogP contribution < -0.4 is 0 Å². The Morgan fingerprint density at radius 1 is 1.17 bits per heavy atom. The van der Waals surface area contributed by atoms with Crippen LogP contribution >= 0.6 is 0 Å². The van der Waals surface area contributed by atoms with E-state index in [2.05, 4.69) is 0 Å². The van der Waals surface area contributed by atoms with Crippen LogP contribution in [0.15, 0.2) is 36.0 Å². The Morgan fingerprint density at radius 2 is 1.78 bits per heavy atom. The van der Waals surface area contributed by atoms with Gasteiger partial charge in [0.2, 0.25) is 0 Å². The highest BCUT2D eigenvalue weighted by Gasteiger charge is 2.30. The molecular weight excluding hydrogens is 307 g/mol. The number of amides is 1. The molecule has 6 heteroatoms. The topological polar surface area (TPSA) is 29.5 Å². The summed E-state index contributed by atoms with van der Waals surface area (Å²) in [4.78, 5) is 13.5. The van der Waals surface area contributed by atoms with Gasteiger partial charge in [-0.05, 0) is 56.9 Å². The molecule has 0 aromatic heterocycles. The third kappa shape index (κ3) is 5.01. The molecule has 0 radical (unpaired) electrons. The zero-order valence-corrected chi connectivity index (χ0v) is 13.4. The summed E-state index contributed by atoms with van der Waals surface area (Å²) < 4.78 is 42.9. The van der Waals surface area contributed by atoms with Crippen LogP contribution in [0.5, 0.6) is 0 Å². The van der Waals surface area contributed by atoms with Crippen molar-refractivity contribution >= 4 is 6.09 Å². The molecule has 3 nitrogen and oxygen atoms in total. The van der Waals surface area contributed by atoms with Crippen molar-refractivity contribution in [3.8, 4) is 0 Å². The number of benzene rings is 1. The van der Waals surface area contributed by atoms with Crippen LogP contribution in [0.25, 0.3) is 0 Å². The Hall–Kier alpha value is -1.98. The second kappa shape index (κ2) is 6.26. The van der Waals surface area contributed by atoms with Gasteiger partial charge < -0.3 is 4.74 Å².